The summed E-state index contributed by atoms with van der Waals surface area (Å²) in [6.07, 6.45) is 4.64. The molecule has 1 aromatic heterocycles. The van der Waals surface area contributed by atoms with Crippen molar-refractivity contribution in [1.29, 1.82) is 0 Å². The molecule has 0 radical (unpaired) electrons. The van der Waals surface area contributed by atoms with Gasteiger partial charge in [-0.2, -0.15) is 4.68 Å². The lowest BCUT2D eigenvalue weighted by molar-refractivity contribution is 0.0610. The Morgan fingerprint density at radius 1 is 1.30 bits per heavy atom. The fourth-order valence-electron chi connectivity index (χ4n) is 2.57. The fourth-order valence-corrected chi connectivity index (χ4v) is 2.85. The molecule has 0 spiro atoms. The highest BCUT2D eigenvalue weighted by Crippen LogP contribution is 2.14. The van der Waals surface area contributed by atoms with Crippen LogP contribution >= 0.6 is 12.2 Å². The number of piperidine rings is 1. The molecule has 0 atom stereocenters. The number of aromatic hydroxyl groups is 1. The standard InChI is InChI=1S/C15H26N4O3S/c1-15(2,3)22-13(21)16-19-12(20)11-18(14(19)23)10-9-17-7-5-4-6-8-17/h11,20H,4-10H2,1-3H3,(H,16,21). The van der Waals surface area contributed by atoms with Gasteiger partial charge in [0.05, 0.1) is 6.20 Å². The maximum Gasteiger partial charge on any atom is 0.427 e. The molecule has 2 N–H and O–H groups in total. The van der Waals surface area contributed by atoms with Gasteiger partial charge in [-0.1, -0.05) is 6.42 Å². The third-order valence-corrected chi connectivity index (χ3v) is 4.06. The van der Waals surface area contributed by atoms with Crippen LogP contribution in [0.3, 0.4) is 0 Å². The Labute approximate surface area is 141 Å². The fraction of sp³-hybridized carbons (Fsp3) is 0.733. The molecule has 1 amide bonds. The lowest BCUT2D eigenvalue weighted by Gasteiger charge is -2.26. The molecule has 130 valence electrons. The molecule has 0 bridgehead atoms. The van der Waals surface area contributed by atoms with Crippen LogP contribution in [-0.4, -0.2) is 50.6 Å². The summed E-state index contributed by atoms with van der Waals surface area (Å²) in [5, 5.41) is 9.99. The number of nitrogens with zero attached hydrogens (tertiary/aromatic N) is 3. The molecular weight excluding hydrogens is 316 g/mol. The summed E-state index contributed by atoms with van der Waals surface area (Å²) in [4.78, 5) is 14.2. The Hall–Kier alpha value is -1.54. The van der Waals surface area contributed by atoms with E-state index in [0.29, 0.717) is 11.3 Å². The first-order valence-electron chi connectivity index (χ1n) is 8.00. The highest BCUT2D eigenvalue weighted by atomic mass is 32.1. The Balaban J connectivity index is 1.98. The molecule has 1 saturated heterocycles. The first-order chi connectivity index (χ1) is 10.8. The number of likely N-dealkylation sites (tertiary alicyclic amines) is 1. The van der Waals surface area contributed by atoms with Gasteiger partial charge in [0.25, 0.3) is 0 Å². The second-order valence-corrected chi connectivity index (χ2v) is 7.18. The highest BCUT2D eigenvalue weighted by Gasteiger charge is 2.18. The summed E-state index contributed by atoms with van der Waals surface area (Å²) in [7, 11) is 0. The zero-order valence-electron chi connectivity index (χ0n) is 14.0. The number of carbonyl (C=O) groups is 1. The van der Waals surface area contributed by atoms with Gasteiger partial charge >= 0.3 is 6.09 Å². The van der Waals surface area contributed by atoms with Gasteiger partial charge in [-0.25, -0.2) is 10.2 Å². The van der Waals surface area contributed by atoms with Crippen molar-refractivity contribution in [2.75, 3.05) is 25.1 Å². The average Bonchev–Trinajstić information content (AvgIpc) is 2.72. The molecule has 1 aromatic rings. The molecule has 8 heteroatoms. The summed E-state index contributed by atoms with van der Waals surface area (Å²) in [5.74, 6) is -0.112. The van der Waals surface area contributed by atoms with Crippen LogP contribution in [0.2, 0.25) is 0 Å². The number of hydrogen-bond donors (Lipinski definition) is 2. The second-order valence-electron chi connectivity index (χ2n) is 6.81. The largest absolute Gasteiger partial charge is 0.492 e. The molecular formula is C15H26N4O3S. The lowest BCUT2D eigenvalue weighted by atomic mass is 10.1. The van der Waals surface area contributed by atoms with Crippen LogP contribution in [0.15, 0.2) is 6.20 Å². The summed E-state index contributed by atoms with van der Waals surface area (Å²) in [5.41, 5.74) is 1.85. The molecule has 0 saturated carbocycles. The zero-order valence-corrected chi connectivity index (χ0v) is 14.9. The maximum atomic E-state index is 11.8. The summed E-state index contributed by atoms with van der Waals surface area (Å²) >= 11 is 5.32. The van der Waals surface area contributed by atoms with Crippen LogP contribution in [-0.2, 0) is 11.3 Å². The van der Waals surface area contributed by atoms with Crippen molar-refractivity contribution in [3.63, 3.8) is 0 Å². The molecule has 1 aliphatic heterocycles. The number of ether oxygens (including phenoxy) is 1. The topological polar surface area (TPSA) is 71.7 Å². The van der Waals surface area contributed by atoms with E-state index in [4.69, 9.17) is 17.0 Å². The monoisotopic (exact) mass is 342 g/mol. The molecule has 1 aliphatic rings. The van der Waals surface area contributed by atoms with E-state index in [9.17, 15) is 9.90 Å². The molecule has 1 fully saturated rings. The lowest BCUT2D eigenvalue weighted by Crippen LogP contribution is -2.33. The van der Waals surface area contributed by atoms with Gasteiger partial charge in [0, 0.05) is 13.1 Å². The number of amides is 1. The number of nitrogens with one attached hydrogen (secondary N) is 1. The van der Waals surface area contributed by atoms with E-state index in [0.717, 1.165) is 19.6 Å². The number of hydrogen-bond acceptors (Lipinski definition) is 5. The average molecular weight is 342 g/mol. The van der Waals surface area contributed by atoms with E-state index in [1.807, 2.05) is 0 Å². The van der Waals surface area contributed by atoms with Crippen LogP contribution in [0.1, 0.15) is 40.0 Å². The van der Waals surface area contributed by atoms with Crippen molar-refractivity contribution in [2.24, 2.45) is 0 Å². The maximum absolute atomic E-state index is 11.8. The van der Waals surface area contributed by atoms with Gasteiger partial charge in [-0.3, -0.25) is 0 Å². The molecule has 2 heterocycles. The molecule has 0 aliphatic carbocycles. The molecule has 23 heavy (non-hydrogen) atoms. The van der Waals surface area contributed by atoms with E-state index >= 15 is 0 Å². The Bertz CT molecular complexity index is 597. The second kappa shape index (κ2) is 7.35. The van der Waals surface area contributed by atoms with Crippen LogP contribution in [0.4, 0.5) is 4.79 Å². The van der Waals surface area contributed by atoms with E-state index in [1.54, 1.807) is 25.3 Å². The molecule has 0 unspecified atom stereocenters. The minimum absolute atomic E-state index is 0.112. The third-order valence-electron chi connectivity index (χ3n) is 3.65. The Kier molecular flexibility index (Phi) is 5.69. The van der Waals surface area contributed by atoms with Crippen LogP contribution < -0.4 is 5.43 Å². The van der Waals surface area contributed by atoms with E-state index in [-0.39, 0.29) is 5.88 Å². The molecule has 0 aromatic carbocycles. The van der Waals surface area contributed by atoms with Crippen LogP contribution in [0.5, 0.6) is 5.88 Å². The predicted molar refractivity (Wildman–Crippen MR) is 90.8 cm³/mol. The zero-order chi connectivity index (χ0) is 17.0. The molecule has 7 nitrogen and oxygen atoms in total. The number of rotatable bonds is 4. The number of aromatic nitrogens is 2. The normalized spacial score (nSPS) is 16.3. The van der Waals surface area contributed by atoms with Crippen molar-refractivity contribution >= 4 is 18.3 Å². The van der Waals surface area contributed by atoms with Crippen molar-refractivity contribution < 1.29 is 14.6 Å². The van der Waals surface area contributed by atoms with Crippen LogP contribution in [0.25, 0.3) is 0 Å². The molecule has 2 rings (SSSR count). The minimum Gasteiger partial charge on any atom is -0.492 e. The Morgan fingerprint density at radius 3 is 2.57 bits per heavy atom. The van der Waals surface area contributed by atoms with E-state index in [2.05, 4.69) is 10.3 Å². The van der Waals surface area contributed by atoms with Gasteiger partial charge in [0.2, 0.25) is 10.7 Å². The van der Waals surface area contributed by atoms with Crippen LogP contribution in [0, 0.1) is 4.77 Å². The first kappa shape index (κ1) is 17.8. The number of imidazole rings is 1. The van der Waals surface area contributed by atoms with Gasteiger partial charge in [-0.15, -0.1) is 0 Å². The first-order valence-corrected chi connectivity index (χ1v) is 8.40. The van der Waals surface area contributed by atoms with Gasteiger partial charge in [0.15, 0.2) is 0 Å². The van der Waals surface area contributed by atoms with Gasteiger partial charge in [-0.05, 0) is 58.9 Å². The van der Waals surface area contributed by atoms with E-state index < -0.39 is 11.7 Å². The quantitative estimate of drug-likeness (QED) is 0.823. The Morgan fingerprint density at radius 2 is 1.96 bits per heavy atom. The summed E-state index contributed by atoms with van der Waals surface area (Å²) < 4.78 is 8.44. The van der Waals surface area contributed by atoms with Crippen molar-refractivity contribution in [3.8, 4) is 5.88 Å². The predicted octanol–water partition coefficient (Wildman–Crippen LogP) is 2.69. The van der Waals surface area contributed by atoms with Crippen molar-refractivity contribution in [3.05, 3.63) is 11.0 Å². The van der Waals surface area contributed by atoms with Crippen molar-refractivity contribution in [2.45, 2.75) is 52.2 Å². The minimum atomic E-state index is -0.655. The summed E-state index contributed by atoms with van der Waals surface area (Å²) in [6, 6.07) is 0. The van der Waals surface area contributed by atoms with E-state index in [1.165, 1.54) is 30.1 Å². The van der Waals surface area contributed by atoms with Gasteiger partial charge < -0.3 is 19.3 Å². The van der Waals surface area contributed by atoms with Crippen molar-refractivity contribution in [1.82, 2.24) is 14.1 Å². The third kappa shape index (κ3) is 5.24. The number of carbonyl (C=O) groups excluding carboxylic acids is 1. The van der Waals surface area contributed by atoms with Gasteiger partial charge in [0.1, 0.15) is 5.60 Å². The summed E-state index contributed by atoms with van der Waals surface area (Å²) in [6.45, 7) is 9.09. The smallest absolute Gasteiger partial charge is 0.427 e. The SMILES string of the molecule is CC(C)(C)OC(=O)Nn1c(O)cn(CCN2CCCCC2)c1=S. The highest BCUT2D eigenvalue weighted by molar-refractivity contribution is 7.71.